The third-order valence-corrected chi connectivity index (χ3v) is 4.78. The fourth-order valence-electron chi connectivity index (χ4n) is 3.67. The van der Waals surface area contributed by atoms with E-state index >= 15 is 0 Å². The number of fused-ring (bicyclic) bond motifs is 4. The van der Waals surface area contributed by atoms with Gasteiger partial charge in [0.25, 0.3) is 0 Å². The first-order chi connectivity index (χ1) is 11.9. The van der Waals surface area contributed by atoms with Gasteiger partial charge in [-0.15, -0.1) is 0 Å². The van der Waals surface area contributed by atoms with E-state index in [0.717, 1.165) is 0 Å². The highest BCUT2D eigenvalue weighted by Crippen LogP contribution is 2.37. The number of hydrogen-bond acceptors (Lipinski definition) is 0. The van der Waals surface area contributed by atoms with Crippen LogP contribution in [0.2, 0.25) is 0 Å². The smallest absolute Gasteiger partial charge is 0.00928 e. The molecule has 0 spiro atoms. The van der Waals surface area contributed by atoms with Crippen LogP contribution in [0.3, 0.4) is 0 Å². The van der Waals surface area contributed by atoms with Crippen LogP contribution in [0.4, 0.5) is 0 Å². The highest BCUT2D eigenvalue weighted by atomic mass is 14.1. The molecule has 0 N–H and O–H groups in total. The van der Waals surface area contributed by atoms with E-state index in [-0.39, 0.29) is 0 Å². The van der Waals surface area contributed by atoms with Crippen LogP contribution in [0.15, 0.2) is 91.0 Å². The van der Waals surface area contributed by atoms with Crippen molar-refractivity contribution in [3.63, 3.8) is 0 Å². The molecule has 0 saturated heterocycles. The quantitative estimate of drug-likeness (QED) is 0.305. The second-order valence-electron chi connectivity index (χ2n) is 6.14. The summed E-state index contributed by atoms with van der Waals surface area (Å²) in [6, 6.07) is 35.6. The monoisotopic (exact) mass is 303 g/mol. The lowest BCUT2D eigenvalue weighted by molar-refractivity contribution is 1.69. The molecular weight excluding hydrogens is 288 g/mol. The van der Waals surface area contributed by atoms with E-state index in [2.05, 4.69) is 91.0 Å². The molecule has 0 fully saturated rings. The number of benzene rings is 5. The summed E-state index contributed by atoms with van der Waals surface area (Å²) >= 11 is 0. The molecule has 0 bridgehead atoms. The van der Waals surface area contributed by atoms with Crippen LogP contribution in [-0.4, -0.2) is 0 Å². The van der Waals surface area contributed by atoms with Crippen LogP contribution in [0, 0.1) is 6.07 Å². The number of hydrogen-bond donors (Lipinski definition) is 0. The molecule has 0 unspecified atom stereocenters. The van der Waals surface area contributed by atoms with E-state index in [1.165, 1.54) is 43.4 Å². The van der Waals surface area contributed by atoms with Crippen LogP contribution in [0.5, 0.6) is 0 Å². The lowest BCUT2D eigenvalue weighted by Gasteiger charge is -2.13. The molecule has 0 aliphatic carbocycles. The van der Waals surface area contributed by atoms with Crippen molar-refractivity contribution < 1.29 is 0 Å². The molecule has 0 amide bonds. The Kier molecular flexibility index (Phi) is 2.89. The van der Waals surface area contributed by atoms with E-state index in [9.17, 15) is 0 Å². The molecule has 0 aliphatic heterocycles. The Bertz CT molecular complexity index is 1190. The Morgan fingerprint density at radius 2 is 1.25 bits per heavy atom. The first kappa shape index (κ1) is 13.3. The second kappa shape index (κ2) is 5.21. The van der Waals surface area contributed by atoms with Crippen LogP contribution in [0.1, 0.15) is 0 Å². The standard InChI is InChI=1S/C24H15/c1-3-11-19-17(8-1)10-7-15-22(19)24-16-18-9-2-4-12-20(18)21-13-5-6-14-23(21)24/h1-2,4-16H. The minimum atomic E-state index is 1.25. The first-order valence-electron chi connectivity index (χ1n) is 8.21. The van der Waals surface area contributed by atoms with Crippen molar-refractivity contribution >= 4 is 32.3 Å². The fourth-order valence-corrected chi connectivity index (χ4v) is 3.67. The zero-order valence-electron chi connectivity index (χ0n) is 13.2. The normalized spacial score (nSPS) is 11.3. The fraction of sp³-hybridized carbons (Fsp3) is 0. The van der Waals surface area contributed by atoms with Gasteiger partial charge in [-0.05, 0) is 61.6 Å². The summed E-state index contributed by atoms with van der Waals surface area (Å²) in [5, 5.41) is 7.70. The lowest BCUT2D eigenvalue weighted by Crippen LogP contribution is -1.86. The van der Waals surface area contributed by atoms with Gasteiger partial charge < -0.3 is 0 Å². The van der Waals surface area contributed by atoms with Gasteiger partial charge in [-0.2, -0.15) is 0 Å². The maximum Gasteiger partial charge on any atom is -0.00928 e. The largest absolute Gasteiger partial charge is 0.0616 e. The Labute approximate surface area is 141 Å². The van der Waals surface area contributed by atoms with Gasteiger partial charge in [0.15, 0.2) is 0 Å². The van der Waals surface area contributed by atoms with Gasteiger partial charge in [-0.25, -0.2) is 0 Å². The van der Waals surface area contributed by atoms with E-state index in [1.54, 1.807) is 0 Å². The van der Waals surface area contributed by atoms with Crippen LogP contribution >= 0.6 is 0 Å². The Balaban J connectivity index is 1.98. The molecule has 0 nitrogen and oxygen atoms in total. The van der Waals surface area contributed by atoms with E-state index < -0.39 is 0 Å². The summed E-state index contributed by atoms with van der Waals surface area (Å²) in [5.74, 6) is 0. The van der Waals surface area contributed by atoms with Crippen LogP contribution in [-0.2, 0) is 0 Å². The molecule has 5 aromatic rings. The molecule has 0 aliphatic rings. The van der Waals surface area contributed by atoms with Gasteiger partial charge in [-0.1, -0.05) is 78.9 Å². The predicted octanol–water partition coefficient (Wildman–Crippen LogP) is 6.61. The van der Waals surface area contributed by atoms with Gasteiger partial charge in [0, 0.05) is 0 Å². The molecular formula is C24H15. The van der Waals surface area contributed by atoms with Crippen molar-refractivity contribution in [2.24, 2.45) is 0 Å². The Morgan fingerprint density at radius 1 is 0.500 bits per heavy atom. The maximum absolute atomic E-state index is 3.23. The topological polar surface area (TPSA) is 0 Å². The molecule has 1 radical (unpaired) electrons. The SMILES string of the molecule is [c]1ccc2cccc(-c3cc4ccccc4c4ccccc34)c2c1. The van der Waals surface area contributed by atoms with Crippen LogP contribution < -0.4 is 0 Å². The Hall–Kier alpha value is -3.12. The second-order valence-corrected chi connectivity index (χ2v) is 6.14. The molecule has 0 heterocycles. The van der Waals surface area contributed by atoms with Gasteiger partial charge in [0.2, 0.25) is 0 Å². The zero-order valence-corrected chi connectivity index (χ0v) is 13.2. The van der Waals surface area contributed by atoms with E-state index in [1.807, 2.05) is 6.07 Å². The third kappa shape index (κ3) is 1.93. The van der Waals surface area contributed by atoms with Gasteiger partial charge in [0.1, 0.15) is 0 Å². The maximum atomic E-state index is 3.23. The van der Waals surface area contributed by atoms with Gasteiger partial charge in [0.05, 0.1) is 0 Å². The van der Waals surface area contributed by atoms with E-state index in [4.69, 9.17) is 0 Å². The van der Waals surface area contributed by atoms with Crippen molar-refractivity contribution in [2.45, 2.75) is 0 Å². The van der Waals surface area contributed by atoms with Gasteiger partial charge in [-0.3, -0.25) is 0 Å². The highest BCUT2D eigenvalue weighted by molar-refractivity contribution is 6.16. The molecule has 5 aromatic carbocycles. The minimum Gasteiger partial charge on any atom is -0.0616 e. The summed E-state index contributed by atoms with van der Waals surface area (Å²) in [6.07, 6.45) is 0. The van der Waals surface area contributed by atoms with Crippen LogP contribution in [0.25, 0.3) is 43.4 Å². The predicted molar refractivity (Wildman–Crippen MR) is 103 cm³/mol. The Morgan fingerprint density at radius 3 is 2.17 bits per heavy atom. The van der Waals surface area contributed by atoms with Crippen molar-refractivity contribution in [1.82, 2.24) is 0 Å². The molecule has 0 atom stereocenters. The average Bonchev–Trinajstić information content (AvgIpc) is 2.67. The molecule has 0 aromatic heterocycles. The zero-order chi connectivity index (χ0) is 15.9. The average molecular weight is 303 g/mol. The molecule has 0 heteroatoms. The van der Waals surface area contributed by atoms with Crippen molar-refractivity contribution in [3.05, 3.63) is 97.1 Å². The molecule has 5 rings (SSSR count). The van der Waals surface area contributed by atoms with E-state index in [0.29, 0.717) is 0 Å². The molecule has 111 valence electrons. The highest BCUT2D eigenvalue weighted by Gasteiger charge is 2.10. The summed E-state index contributed by atoms with van der Waals surface area (Å²) < 4.78 is 0. The van der Waals surface area contributed by atoms with Gasteiger partial charge >= 0.3 is 0 Å². The summed E-state index contributed by atoms with van der Waals surface area (Å²) in [7, 11) is 0. The summed E-state index contributed by atoms with van der Waals surface area (Å²) in [6.45, 7) is 0. The number of rotatable bonds is 1. The summed E-state index contributed by atoms with van der Waals surface area (Å²) in [5.41, 5.74) is 2.56. The third-order valence-electron chi connectivity index (χ3n) is 4.78. The summed E-state index contributed by atoms with van der Waals surface area (Å²) in [4.78, 5) is 0. The molecule has 0 saturated carbocycles. The van der Waals surface area contributed by atoms with Crippen molar-refractivity contribution in [2.75, 3.05) is 0 Å². The van der Waals surface area contributed by atoms with Crippen molar-refractivity contribution in [3.8, 4) is 11.1 Å². The molecule has 24 heavy (non-hydrogen) atoms. The lowest BCUT2D eigenvalue weighted by atomic mass is 9.91. The first-order valence-corrected chi connectivity index (χ1v) is 8.21. The minimum absolute atomic E-state index is 1.25. The van der Waals surface area contributed by atoms with Crippen molar-refractivity contribution in [1.29, 1.82) is 0 Å².